The number of aliphatic hydroxyl groups is 1. The van der Waals surface area contributed by atoms with Crippen LogP contribution in [0, 0.1) is 12.3 Å². The van der Waals surface area contributed by atoms with Crippen LogP contribution in [0.4, 0.5) is 17.2 Å². The van der Waals surface area contributed by atoms with Crippen molar-refractivity contribution < 1.29 is 14.7 Å². The van der Waals surface area contributed by atoms with Crippen LogP contribution in [-0.2, 0) is 29.6 Å². The molecule has 0 aliphatic carbocycles. The van der Waals surface area contributed by atoms with Gasteiger partial charge in [-0.1, -0.05) is 37.3 Å². The molecule has 10 heteroatoms. The third-order valence-electron chi connectivity index (χ3n) is 7.80. The van der Waals surface area contributed by atoms with E-state index in [-0.39, 0.29) is 5.91 Å². The zero-order chi connectivity index (χ0) is 33.2. The van der Waals surface area contributed by atoms with Crippen LogP contribution < -0.4 is 16.0 Å². The highest BCUT2D eigenvalue weighted by molar-refractivity contribution is 6.01. The molecule has 0 atom stereocenters. The molecule has 1 aliphatic rings. The normalized spacial score (nSPS) is 13.2. The molecule has 1 aliphatic heterocycles. The highest BCUT2D eigenvalue weighted by atomic mass is 16.3. The number of aryl methyl sites for hydroxylation is 1. The maximum absolute atomic E-state index is 11.7. The lowest BCUT2D eigenvalue weighted by molar-refractivity contribution is -0.118. The summed E-state index contributed by atoms with van der Waals surface area (Å²) in [6.45, 7) is 3.49. The number of H-pyrrole nitrogens is 1. The number of rotatable bonds is 14. The van der Waals surface area contributed by atoms with E-state index >= 15 is 0 Å². The fourth-order valence-electron chi connectivity index (χ4n) is 5.27. The van der Waals surface area contributed by atoms with Crippen LogP contribution in [0.3, 0.4) is 0 Å². The SMILES string of the molecule is C#CCCCCCc1cn(C2=N/C(=C(/c3ccc(NC(=O)CO)cc3)c3ccc(NCc4ccc(NC(=O)C=C)cc4)n3C)C=C2)[nH]1. The number of carbonyl (C=O) groups excluding carboxylic acids is 2. The number of allylic oxidation sites excluding steroid dienone is 2. The summed E-state index contributed by atoms with van der Waals surface area (Å²) in [5.74, 6) is 3.68. The highest BCUT2D eigenvalue weighted by Gasteiger charge is 2.19. The molecular formula is C37H39N7O3. The van der Waals surface area contributed by atoms with Crippen molar-refractivity contribution in [1.29, 1.82) is 0 Å². The topological polar surface area (TPSA) is 128 Å². The predicted molar refractivity (Wildman–Crippen MR) is 188 cm³/mol. The van der Waals surface area contributed by atoms with Gasteiger partial charge in [-0.2, -0.15) is 0 Å². The second-order valence-electron chi connectivity index (χ2n) is 11.2. The zero-order valence-electron chi connectivity index (χ0n) is 26.4. The third-order valence-corrected chi connectivity index (χ3v) is 7.80. The fraction of sp³-hybridized carbons (Fsp3) is 0.216. The Labute approximate surface area is 274 Å². The number of unbranched alkanes of at least 4 members (excludes halogenated alkanes) is 3. The Morgan fingerprint density at radius 2 is 1.72 bits per heavy atom. The van der Waals surface area contributed by atoms with Gasteiger partial charge in [-0.15, -0.1) is 12.3 Å². The van der Waals surface area contributed by atoms with Gasteiger partial charge >= 0.3 is 0 Å². The van der Waals surface area contributed by atoms with E-state index in [0.29, 0.717) is 17.9 Å². The molecule has 3 heterocycles. The Hall–Kier alpha value is -5.79. The fourth-order valence-corrected chi connectivity index (χ4v) is 5.27. The number of aliphatic imine (C=N–C) groups is 1. The van der Waals surface area contributed by atoms with Gasteiger partial charge in [0.2, 0.25) is 11.8 Å². The largest absolute Gasteiger partial charge is 0.387 e. The minimum absolute atomic E-state index is 0.250. The first-order chi connectivity index (χ1) is 22.9. The smallest absolute Gasteiger partial charge is 0.250 e. The van der Waals surface area contributed by atoms with Crippen LogP contribution in [0.5, 0.6) is 0 Å². The van der Waals surface area contributed by atoms with Gasteiger partial charge in [0.1, 0.15) is 12.4 Å². The molecule has 0 saturated heterocycles. The van der Waals surface area contributed by atoms with Crippen molar-refractivity contribution in [3.8, 4) is 12.3 Å². The number of aromatic amines is 1. The number of nitrogens with one attached hydrogen (secondary N) is 4. The molecule has 0 saturated carbocycles. The van der Waals surface area contributed by atoms with Crippen molar-refractivity contribution in [3.05, 3.63) is 120 Å². The summed E-state index contributed by atoms with van der Waals surface area (Å²) >= 11 is 0. The Bertz CT molecular complexity index is 1850. The Morgan fingerprint density at radius 3 is 2.43 bits per heavy atom. The van der Waals surface area contributed by atoms with Gasteiger partial charge in [0.15, 0.2) is 5.84 Å². The summed E-state index contributed by atoms with van der Waals surface area (Å²) in [5.41, 5.74) is 7.12. The van der Waals surface area contributed by atoms with Gasteiger partial charge in [0, 0.05) is 43.2 Å². The van der Waals surface area contributed by atoms with Gasteiger partial charge in [0.25, 0.3) is 0 Å². The number of nitrogens with zero attached hydrogens (tertiary/aromatic N) is 3. The number of carbonyl (C=O) groups is 2. The Kier molecular flexibility index (Phi) is 10.7. The van der Waals surface area contributed by atoms with E-state index in [1.165, 1.54) is 11.8 Å². The van der Waals surface area contributed by atoms with Crippen molar-refractivity contribution in [3.63, 3.8) is 0 Å². The van der Waals surface area contributed by atoms with Crippen molar-refractivity contribution in [2.24, 2.45) is 12.0 Å². The molecular weight excluding hydrogens is 590 g/mol. The van der Waals surface area contributed by atoms with Crippen LogP contribution in [-0.4, -0.2) is 43.7 Å². The molecule has 2 amide bonds. The number of terminal acetylenes is 1. The molecule has 4 aromatic rings. The maximum Gasteiger partial charge on any atom is 0.250 e. The van der Waals surface area contributed by atoms with E-state index in [1.54, 1.807) is 0 Å². The van der Waals surface area contributed by atoms with Crippen LogP contribution in [0.15, 0.2) is 102 Å². The van der Waals surface area contributed by atoms with Gasteiger partial charge in [-0.05, 0) is 85.0 Å². The van der Waals surface area contributed by atoms with Crippen LogP contribution in [0.1, 0.15) is 48.2 Å². The predicted octanol–water partition coefficient (Wildman–Crippen LogP) is 5.83. The van der Waals surface area contributed by atoms with Gasteiger partial charge < -0.3 is 25.6 Å². The molecule has 0 unspecified atom stereocenters. The van der Waals surface area contributed by atoms with Crippen molar-refractivity contribution in [1.82, 2.24) is 14.3 Å². The van der Waals surface area contributed by atoms with E-state index in [4.69, 9.17) is 16.5 Å². The summed E-state index contributed by atoms with van der Waals surface area (Å²) < 4.78 is 4.02. The first-order valence-corrected chi connectivity index (χ1v) is 15.5. The summed E-state index contributed by atoms with van der Waals surface area (Å²) in [4.78, 5) is 28.3. The lowest BCUT2D eigenvalue weighted by Crippen LogP contribution is -2.19. The van der Waals surface area contributed by atoms with E-state index in [0.717, 1.165) is 71.8 Å². The lowest BCUT2D eigenvalue weighted by Gasteiger charge is -2.16. The molecule has 0 radical (unpaired) electrons. The second-order valence-corrected chi connectivity index (χ2v) is 11.2. The standard InChI is InChI=1S/C37H39N7O3/c1-4-6-7-8-9-10-30-24-44(42-30)34-21-19-31(41-34)37(27-13-17-29(18-14-27)40-36(47)25-45)32-20-22-33(43(32)3)38-23-26-11-15-28(16-12-26)39-35(46)5-2/h1,5,11-22,24,38,42,45H,2,6-10,23,25H2,3H3,(H,39,46)(H,40,47)/b37-31-. The van der Waals surface area contributed by atoms with E-state index in [1.807, 2.05) is 78.5 Å². The zero-order valence-corrected chi connectivity index (χ0v) is 26.4. The first kappa shape index (κ1) is 32.6. The molecule has 10 nitrogen and oxygen atoms in total. The molecule has 240 valence electrons. The van der Waals surface area contributed by atoms with E-state index in [2.05, 4.69) is 50.4 Å². The summed E-state index contributed by atoms with van der Waals surface area (Å²) in [6, 6.07) is 19.2. The molecule has 2 aromatic heterocycles. The average molecular weight is 630 g/mol. The van der Waals surface area contributed by atoms with E-state index < -0.39 is 12.5 Å². The van der Waals surface area contributed by atoms with Crippen LogP contribution >= 0.6 is 0 Å². The Morgan fingerprint density at radius 1 is 1.00 bits per heavy atom. The van der Waals surface area contributed by atoms with Crippen molar-refractivity contribution in [2.45, 2.75) is 38.6 Å². The van der Waals surface area contributed by atoms with Crippen LogP contribution in [0.25, 0.3) is 5.57 Å². The number of hydrogen-bond acceptors (Lipinski definition) is 5. The molecule has 5 rings (SSSR count). The van der Waals surface area contributed by atoms with Gasteiger partial charge in [-0.25, -0.2) is 9.67 Å². The number of aromatic nitrogens is 3. The third kappa shape index (κ3) is 8.28. The minimum Gasteiger partial charge on any atom is -0.387 e. The first-order valence-electron chi connectivity index (χ1n) is 15.5. The van der Waals surface area contributed by atoms with Crippen molar-refractivity contribution >= 4 is 40.4 Å². The number of benzene rings is 2. The molecule has 0 spiro atoms. The molecule has 0 bridgehead atoms. The van der Waals surface area contributed by atoms with Gasteiger partial charge in [0.05, 0.1) is 17.1 Å². The summed E-state index contributed by atoms with van der Waals surface area (Å²) in [7, 11) is 2.00. The minimum atomic E-state index is -0.582. The maximum atomic E-state index is 11.7. The quantitative estimate of drug-likeness (QED) is 0.0683. The van der Waals surface area contributed by atoms with Crippen LogP contribution in [0.2, 0.25) is 0 Å². The van der Waals surface area contributed by atoms with E-state index in [9.17, 15) is 9.59 Å². The van der Waals surface area contributed by atoms with Gasteiger partial charge in [-0.3, -0.25) is 14.7 Å². The Balaban J connectivity index is 1.37. The monoisotopic (exact) mass is 629 g/mol. The molecule has 47 heavy (non-hydrogen) atoms. The number of hydrogen-bond donors (Lipinski definition) is 5. The summed E-state index contributed by atoms with van der Waals surface area (Å²) in [5, 5.41) is 21.5. The van der Waals surface area contributed by atoms with Crippen molar-refractivity contribution in [2.75, 3.05) is 22.6 Å². The number of aliphatic hydroxyl groups excluding tert-OH is 1. The molecule has 2 aromatic carbocycles. The average Bonchev–Trinajstić information content (AvgIpc) is 3.69. The molecule has 0 fully saturated rings. The highest BCUT2D eigenvalue weighted by Crippen LogP contribution is 2.33. The number of anilines is 3. The summed E-state index contributed by atoms with van der Waals surface area (Å²) in [6.07, 6.45) is 17.7. The second kappa shape index (κ2) is 15.5. The lowest BCUT2D eigenvalue weighted by atomic mass is 10.00. The number of amides is 2. The molecule has 5 N–H and O–H groups in total.